The second-order valence-corrected chi connectivity index (χ2v) is 7.55. The number of benzene rings is 2. The van der Waals surface area contributed by atoms with Crippen molar-refractivity contribution >= 4 is 39.4 Å². The molecule has 3 heterocycles. The molecule has 160 valence electrons. The lowest BCUT2D eigenvalue weighted by Crippen LogP contribution is -2.26. The number of aromatic nitrogens is 5. The van der Waals surface area contributed by atoms with Crippen molar-refractivity contribution in [3.8, 4) is 5.69 Å². The molecule has 0 fully saturated rings. The Morgan fingerprint density at radius 1 is 1.09 bits per heavy atom. The molecule has 0 saturated carbocycles. The molecule has 0 radical (unpaired) electrons. The predicted octanol–water partition coefficient (Wildman–Crippen LogP) is 4.76. The van der Waals surface area contributed by atoms with Crippen LogP contribution in [0, 0.1) is 11.6 Å². The molecule has 5 aromatic rings. The van der Waals surface area contributed by atoms with E-state index >= 15 is 0 Å². The molecule has 0 saturated heterocycles. The SMILES string of the molecule is C[C@@H](Nc1ncnc2[nH]cnc12)c1cc2ccc(F)c(Cl)c2c(=O)n1-c1ccccc1F. The quantitative estimate of drug-likeness (QED) is 0.410. The average molecular weight is 453 g/mol. The van der Waals surface area contributed by atoms with Gasteiger partial charge in [0.1, 0.15) is 23.5 Å². The molecular weight excluding hydrogens is 438 g/mol. The molecule has 7 nitrogen and oxygen atoms in total. The Hall–Kier alpha value is -3.85. The minimum absolute atomic E-state index is 0.0241. The van der Waals surface area contributed by atoms with Gasteiger partial charge in [0.25, 0.3) is 5.56 Å². The number of para-hydroxylation sites is 1. The van der Waals surface area contributed by atoms with Crippen molar-refractivity contribution in [1.29, 1.82) is 0 Å². The Balaban J connectivity index is 1.75. The molecule has 0 aliphatic carbocycles. The van der Waals surface area contributed by atoms with E-state index in [0.29, 0.717) is 28.1 Å². The van der Waals surface area contributed by atoms with E-state index in [9.17, 15) is 13.6 Å². The normalized spacial score (nSPS) is 12.4. The number of hydrogen-bond donors (Lipinski definition) is 2. The monoisotopic (exact) mass is 452 g/mol. The Kier molecular flexibility index (Phi) is 4.82. The van der Waals surface area contributed by atoms with E-state index in [2.05, 4.69) is 25.3 Å². The van der Waals surface area contributed by atoms with Crippen LogP contribution in [0.5, 0.6) is 0 Å². The van der Waals surface area contributed by atoms with Gasteiger partial charge in [0, 0.05) is 5.69 Å². The highest BCUT2D eigenvalue weighted by Gasteiger charge is 2.21. The summed E-state index contributed by atoms with van der Waals surface area (Å²) >= 11 is 6.12. The fourth-order valence-electron chi connectivity index (χ4n) is 3.71. The van der Waals surface area contributed by atoms with Gasteiger partial charge < -0.3 is 10.3 Å². The fraction of sp³-hybridized carbons (Fsp3) is 0.0909. The van der Waals surface area contributed by atoms with Gasteiger partial charge in [-0.15, -0.1) is 0 Å². The van der Waals surface area contributed by atoms with Gasteiger partial charge >= 0.3 is 0 Å². The van der Waals surface area contributed by atoms with Crippen molar-refractivity contribution in [1.82, 2.24) is 24.5 Å². The van der Waals surface area contributed by atoms with E-state index in [0.717, 1.165) is 0 Å². The Morgan fingerprint density at radius 2 is 1.91 bits per heavy atom. The Morgan fingerprint density at radius 3 is 2.72 bits per heavy atom. The van der Waals surface area contributed by atoms with Crippen LogP contribution in [0.25, 0.3) is 27.6 Å². The van der Waals surface area contributed by atoms with Crippen LogP contribution in [0.15, 0.2) is 59.9 Å². The van der Waals surface area contributed by atoms with Crippen molar-refractivity contribution in [2.75, 3.05) is 5.32 Å². The van der Waals surface area contributed by atoms with E-state index in [1.807, 2.05) is 0 Å². The maximum atomic E-state index is 14.8. The Bertz CT molecular complexity index is 1550. The zero-order valence-corrected chi connectivity index (χ0v) is 17.4. The molecule has 1 atom stereocenters. The highest BCUT2D eigenvalue weighted by atomic mass is 35.5. The third-order valence-electron chi connectivity index (χ3n) is 5.21. The highest BCUT2D eigenvalue weighted by Crippen LogP contribution is 2.29. The third kappa shape index (κ3) is 3.18. The van der Waals surface area contributed by atoms with E-state index in [4.69, 9.17) is 11.6 Å². The van der Waals surface area contributed by atoms with Gasteiger partial charge in [-0.05, 0) is 36.6 Å². The molecule has 5 rings (SSSR count). The maximum absolute atomic E-state index is 14.8. The first-order valence-corrected chi connectivity index (χ1v) is 10.0. The fourth-order valence-corrected chi connectivity index (χ4v) is 3.96. The smallest absolute Gasteiger partial charge is 0.264 e. The van der Waals surface area contributed by atoms with Gasteiger partial charge in [-0.2, -0.15) is 0 Å². The summed E-state index contributed by atoms with van der Waals surface area (Å²) < 4.78 is 30.1. The number of aromatic amines is 1. The van der Waals surface area contributed by atoms with Crippen molar-refractivity contribution in [3.63, 3.8) is 0 Å². The molecule has 0 aliphatic rings. The predicted molar refractivity (Wildman–Crippen MR) is 118 cm³/mol. The number of rotatable bonds is 4. The number of fused-ring (bicyclic) bond motifs is 2. The molecule has 0 bridgehead atoms. The lowest BCUT2D eigenvalue weighted by molar-refractivity contribution is 0.610. The largest absolute Gasteiger partial charge is 0.360 e. The van der Waals surface area contributed by atoms with E-state index in [1.54, 1.807) is 19.1 Å². The number of nitrogens with zero attached hydrogens (tertiary/aromatic N) is 4. The van der Waals surface area contributed by atoms with Crippen LogP contribution in [0.1, 0.15) is 18.7 Å². The molecule has 2 aromatic carbocycles. The highest BCUT2D eigenvalue weighted by molar-refractivity contribution is 6.35. The topological polar surface area (TPSA) is 88.5 Å². The summed E-state index contributed by atoms with van der Waals surface area (Å²) in [5.41, 5.74) is 0.883. The Labute approximate surface area is 184 Å². The van der Waals surface area contributed by atoms with E-state index in [1.165, 1.54) is 47.6 Å². The second kappa shape index (κ2) is 7.69. The van der Waals surface area contributed by atoms with Crippen LogP contribution in [-0.4, -0.2) is 24.5 Å². The molecule has 32 heavy (non-hydrogen) atoms. The summed E-state index contributed by atoms with van der Waals surface area (Å²) in [4.78, 5) is 28.9. The van der Waals surface area contributed by atoms with Gasteiger partial charge in [-0.1, -0.05) is 29.8 Å². The van der Waals surface area contributed by atoms with Crippen LogP contribution < -0.4 is 10.9 Å². The number of halogens is 3. The molecule has 0 spiro atoms. The minimum Gasteiger partial charge on any atom is -0.360 e. The van der Waals surface area contributed by atoms with Crippen molar-refractivity contribution < 1.29 is 8.78 Å². The number of pyridine rings is 1. The van der Waals surface area contributed by atoms with Gasteiger partial charge in [0.2, 0.25) is 0 Å². The standard InChI is InChI=1S/C22H15ClF2N6O/c1-11(30-21-19-20(27-9-26-19)28-10-29-21)16-8-12-6-7-14(25)18(23)17(12)22(32)31(16)15-5-3-2-4-13(15)24/h2-11H,1H3,(H2,26,27,28,29,30)/t11-/m1/s1. The number of imidazole rings is 1. The zero-order valence-electron chi connectivity index (χ0n) is 16.6. The summed E-state index contributed by atoms with van der Waals surface area (Å²) in [6.07, 6.45) is 2.87. The van der Waals surface area contributed by atoms with Crippen LogP contribution in [-0.2, 0) is 0 Å². The van der Waals surface area contributed by atoms with Crippen molar-refractivity contribution in [3.05, 3.63) is 87.8 Å². The molecule has 10 heteroatoms. The van der Waals surface area contributed by atoms with Crippen LogP contribution >= 0.6 is 11.6 Å². The maximum Gasteiger partial charge on any atom is 0.264 e. The number of H-pyrrole nitrogens is 1. The minimum atomic E-state index is -0.725. The summed E-state index contributed by atoms with van der Waals surface area (Å²) in [5, 5.41) is 3.32. The first kappa shape index (κ1) is 20.1. The average Bonchev–Trinajstić information content (AvgIpc) is 3.27. The number of anilines is 1. The molecule has 0 aliphatic heterocycles. The lowest BCUT2D eigenvalue weighted by atomic mass is 10.1. The summed E-state index contributed by atoms with van der Waals surface area (Å²) in [7, 11) is 0. The molecule has 2 N–H and O–H groups in total. The summed E-state index contributed by atoms with van der Waals surface area (Å²) in [6, 6.07) is 9.67. The van der Waals surface area contributed by atoms with E-state index in [-0.39, 0.29) is 16.1 Å². The van der Waals surface area contributed by atoms with E-state index < -0.39 is 23.2 Å². The zero-order chi connectivity index (χ0) is 22.4. The second-order valence-electron chi connectivity index (χ2n) is 7.17. The molecule has 0 amide bonds. The lowest BCUT2D eigenvalue weighted by Gasteiger charge is -2.22. The molecule has 3 aromatic heterocycles. The van der Waals surface area contributed by atoms with Crippen molar-refractivity contribution in [2.45, 2.75) is 13.0 Å². The summed E-state index contributed by atoms with van der Waals surface area (Å²) in [5.74, 6) is -0.891. The molecule has 0 unspecified atom stereocenters. The van der Waals surface area contributed by atoms with Gasteiger partial charge in [-0.25, -0.2) is 23.7 Å². The van der Waals surface area contributed by atoms with Crippen LogP contribution in [0.3, 0.4) is 0 Å². The van der Waals surface area contributed by atoms with Gasteiger partial charge in [0.05, 0.1) is 28.5 Å². The van der Waals surface area contributed by atoms with Gasteiger partial charge in [0.15, 0.2) is 11.5 Å². The van der Waals surface area contributed by atoms with Crippen LogP contribution in [0.2, 0.25) is 5.02 Å². The first-order valence-electron chi connectivity index (χ1n) is 9.65. The third-order valence-corrected chi connectivity index (χ3v) is 5.58. The van der Waals surface area contributed by atoms with Gasteiger partial charge in [-0.3, -0.25) is 9.36 Å². The summed E-state index contributed by atoms with van der Waals surface area (Å²) in [6.45, 7) is 1.80. The van der Waals surface area contributed by atoms with Crippen LogP contribution in [0.4, 0.5) is 14.6 Å². The molecular formula is C22H15ClF2N6O. The van der Waals surface area contributed by atoms with Crippen molar-refractivity contribution in [2.24, 2.45) is 0 Å². The number of hydrogen-bond acceptors (Lipinski definition) is 5. The first-order chi connectivity index (χ1) is 15.5. The number of nitrogens with one attached hydrogen (secondary N) is 2.